The highest BCUT2D eigenvalue weighted by Crippen LogP contribution is 2.19. The van der Waals surface area contributed by atoms with Gasteiger partial charge in [-0.15, -0.1) is 0 Å². The summed E-state index contributed by atoms with van der Waals surface area (Å²) in [6.07, 6.45) is 3.54. The van der Waals surface area contributed by atoms with Gasteiger partial charge in [-0.1, -0.05) is 29.8 Å². The molecule has 25 heavy (non-hydrogen) atoms. The lowest BCUT2D eigenvalue weighted by Crippen LogP contribution is -2.44. The number of hydrogen-bond donors (Lipinski definition) is 2. The number of hydrogen-bond acceptors (Lipinski definition) is 3. The average molecular weight is 360 g/mol. The molecule has 1 fully saturated rings. The predicted molar refractivity (Wildman–Crippen MR) is 100 cm³/mol. The van der Waals surface area contributed by atoms with Crippen molar-refractivity contribution in [3.8, 4) is 0 Å². The van der Waals surface area contributed by atoms with Crippen LogP contribution in [0.5, 0.6) is 0 Å². The van der Waals surface area contributed by atoms with E-state index in [1.165, 1.54) is 6.07 Å². The minimum absolute atomic E-state index is 0.0114. The Bertz CT molecular complexity index is 818. The van der Waals surface area contributed by atoms with Crippen molar-refractivity contribution >= 4 is 23.2 Å². The van der Waals surface area contributed by atoms with Crippen molar-refractivity contribution in [2.75, 3.05) is 11.9 Å². The lowest BCUT2D eigenvalue weighted by molar-refractivity contribution is -0.121. The normalized spacial score (nSPS) is 20.2. The highest BCUT2D eigenvalue weighted by molar-refractivity contribution is 6.31. The monoisotopic (exact) mass is 359 g/mol. The van der Waals surface area contributed by atoms with E-state index in [0.29, 0.717) is 17.3 Å². The quantitative estimate of drug-likeness (QED) is 0.882. The Morgan fingerprint density at radius 1 is 1.32 bits per heavy atom. The van der Waals surface area contributed by atoms with Crippen LogP contribution >= 0.6 is 11.6 Å². The van der Waals surface area contributed by atoms with Crippen LogP contribution in [0.1, 0.15) is 25.3 Å². The number of rotatable bonds is 4. The van der Waals surface area contributed by atoms with Gasteiger partial charge in [-0.25, -0.2) is 0 Å². The van der Waals surface area contributed by atoms with Gasteiger partial charge in [0.1, 0.15) is 0 Å². The summed E-state index contributed by atoms with van der Waals surface area (Å²) in [6.45, 7) is 3.35. The average Bonchev–Trinajstić information content (AvgIpc) is 2.60. The molecule has 3 rings (SSSR count). The zero-order valence-electron chi connectivity index (χ0n) is 14.2. The van der Waals surface area contributed by atoms with E-state index in [4.69, 9.17) is 11.6 Å². The molecule has 2 atom stereocenters. The third-order valence-corrected chi connectivity index (χ3v) is 5.02. The van der Waals surface area contributed by atoms with Gasteiger partial charge in [0.25, 0.3) is 5.56 Å². The second kappa shape index (κ2) is 7.85. The van der Waals surface area contributed by atoms with Crippen LogP contribution in [0.25, 0.3) is 0 Å². The molecule has 1 aromatic carbocycles. The van der Waals surface area contributed by atoms with Crippen molar-refractivity contribution < 1.29 is 4.79 Å². The molecule has 0 bridgehead atoms. The van der Waals surface area contributed by atoms with Crippen molar-refractivity contribution in [2.45, 2.75) is 32.4 Å². The Kier molecular flexibility index (Phi) is 5.56. The SMILES string of the molecule is C[C@H]1NCCC[C@H]1C(=O)Nc1ccc(=O)n(Cc2ccccc2Cl)c1. The molecule has 6 heteroatoms. The first kappa shape index (κ1) is 17.7. The number of benzene rings is 1. The van der Waals surface area contributed by atoms with Crippen LogP contribution in [0.15, 0.2) is 47.4 Å². The molecule has 1 aliphatic heterocycles. The Hall–Kier alpha value is -2.11. The van der Waals surface area contributed by atoms with Gasteiger partial charge in [-0.2, -0.15) is 0 Å². The van der Waals surface area contributed by atoms with Crippen LogP contribution in [-0.4, -0.2) is 23.1 Å². The summed E-state index contributed by atoms with van der Waals surface area (Å²) in [5.41, 5.74) is 1.35. The second-order valence-corrected chi connectivity index (χ2v) is 6.86. The number of aromatic nitrogens is 1. The summed E-state index contributed by atoms with van der Waals surface area (Å²) in [7, 11) is 0. The molecule has 0 spiro atoms. The maximum atomic E-state index is 12.5. The van der Waals surface area contributed by atoms with Crippen molar-refractivity contribution in [3.63, 3.8) is 0 Å². The van der Waals surface area contributed by atoms with E-state index >= 15 is 0 Å². The summed E-state index contributed by atoms with van der Waals surface area (Å²) in [4.78, 5) is 24.7. The standard InChI is InChI=1S/C19H22ClN3O2/c1-13-16(6-4-10-21-13)19(25)22-15-8-9-18(24)23(12-15)11-14-5-2-3-7-17(14)20/h2-3,5,7-9,12-13,16,21H,4,6,10-11H2,1H3,(H,22,25)/t13-,16-/m1/s1. The van der Waals surface area contributed by atoms with Crippen LogP contribution in [0.4, 0.5) is 5.69 Å². The minimum atomic E-state index is -0.134. The van der Waals surface area contributed by atoms with Crippen molar-refractivity contribution in [1.29, 1.82) is 0 Å². The van der Waals surface area contributed by atoms with Gasteiger partial charge in [-0.3, -0.25) is 9.59 Å². The molecule has 5 nitrogen and oxygen atoms in total. The molecular weight excluding hydrogens is 338 g/mol. The first-order valence-electron chi connectivity index (χ1n) is 8.53. The van der Waals surface area contributed by atoms with E-state index in [1.807, 2.05) is 25.1 Å². The minimum Gasteiger partial charge on any atom is -0.324 e. The molecule has 0 aliphatic carbocycles. The third kappa shape index (κ3) is 4.30. The van der Waals surface area contributed by atoms with E-state index in [0.717, 1.165) is 24.9 Å². The molecule has 0 unspecified atom stereocenters. The maximum absolute atomic E-state index is 12.5. The van der Waals surface area contributed by atoms with E-state index in [-0.39, 0.29) is 23.4 Å². The highest BCUT2D eigenvalue weighted by Gasteiger charge is 2.27. The fraction of sp³-hybridized carbons (Fsp3) is 0.368. The first-order valence-corrected chi connectivity index (χ1v) is 8.90. The van der Waals surface area contributed by atoms with E-state index in [2.05, 4.69) is 10.6 Å². The summed E-state index contributed by atoms with van der Waals surface area (Å²) in [5, 5.41) is 6.88. The molecule has 1 saturated heterocycles. The zero-order chi connectivity index (χ0) is 17.8. The molecule has 0 saturated carbocycles. The van der Waals surface area contributed by atoms with Crippen molar-refractivity contribution in [3.05, 3.63) is 63.5 Å². The largest absolute Gasteiger partial charge is 0.324 e. The number of halogens is 1. The molecule has 132 valence electrons. The van der Waals surface area contributed by atoms with E-state index in [1.54, 1.807) is 22.9 Å². The van der Waals surface area contributed by atoms with Gasteiger partial charge in [0, 0.05) is 23.3 Å². The summed E-state index contributed by atoms with van der Waals surface area (Å²) < 4.78 is 1.55. The summed E-state index contributed by atoms with van der Waals surface area (Å²) in [5.74, 6) is -0.0691. The number of nitrogens with one attached hydrogen (secondary N) is 2. The van der Waals surface area contributed by atoms with E-state index in [9.17, 15) is 9.59 Å². The highest BCUT2D eigenvalue weighted by atomic mass is 35.5. The molecule has 1 aromatic heterocycles. The number of nitrogens with zero attached hydrogens (tertiary/aromatic N) is 1. The van der Waals surface area contributed by atoms with Gasteiger partial charge in [0.15, 0.2) is 0 Å². The fourth-order valence-electron chi connectivity index (χ4n) is 3.18. The number of piperidine rings is 1. The number of carbonyl (C=O) groups excluding carboxylic acids is 1. The molecule has 0 radical (unpaired) electrons. The number of anilines is 1. The summed E-state index contributed by atoms with van der Waals surface area (Å²) >= 11 is 6.18. The van der Waals surface area contributed by atoms with Gasteiger partial charge < -0.3 is 15.2 Å². The van der Waals surface area contributed by atoms with Crippen LogP contribution in [-0.2, 0) is 11.3 Å². The predicted octanol–water partition coefficient (Wildman–Crippen LogP) is 2.88. The van der Waals surface area contributed by atoms with Crippen LogP contribution in [0.3, 0.4) is 0 Å². The number of amides is 1. The molecule has 2 aromatic rings. The van der Waals surface area contributed by atoms with Gasteiger partial charge in [0.2, 0.25) is 5.91 Å². The van der Waals surface area contributed by atoms with Gasteiger partial charge in [0.05, 0.1) is 18.2 Å². The smallest absolute Gasteiger partial charge is 0.250 e. The van der Waals surface area contributed by atoms with Crippen LogP contribution in [0, 0.1) is 5.92 Å². The lowest BCUT2D eigenvalue weighted by atomic mass is 9.91. The third-order valence-electron chi connectivity index (χ3n) is 4.65. The topological polar surface area (TPSA) is 63.1 Å². The van der Waals surface area contributed by atoms with Crippen molar-refractivity contribution in [2.24, 2.45) is 5.92 Å². The Morgan fingerprint density at radius 3 is 2.88 bits per heavy atom. The zero-order valence-corrected chi connectivity index (χ0v) is 14.9. The van der Waals surface area contributed by atoms with Gasteiger partial charge >= 0.3 is 0 Å². The Morgan fingerprint density at radius 2 is 2.12 bits per heavy atom. The van der Waals surface area contributed by atoms with E-state index < -0.39 is 0 Å². The van der Waals surface area contributed by atoms with Crippen molar-refractivity contribution in [1.82, 2.24) is 9.88 Å². The number of carbonyl (C=O) groups is 1. The molecule has 1 aliphatic rings. The molecule has 2 heterocycles. The molecule has 2 N–H and O–H groups in total. The lowest BCUT2D eigenvalue weighted by Gasteiger charge is -2.28. The molecular formula is C19H22ClN3O2. The second-order valence-electron chi connectivity index (χ2n) is 6.46. The number of pyridine rings is 1. The van der Waals surface area contributed by atoms with Crippen LogP contribution in [0.2, 0.25) is 5.02 Å². The molecule has 1 amide bonds. The fourth-order valence-corrected chi connectivity index (χ4v) is 3.37. The first-order chi connectivity index (χ1) is 12.0. The Labute approximate surface area is 152 Å². The summed E-state index contributed by atoms with van der Waals surface area (Å²) in [6, 6.07) is 10.7. The van der Waals surface area contributed by atoms with Crippen LogP contribution < -0.4 is 16.2 Å². The Balaban J connectivity index is 1.76. The maximum Gasteiger partial charge on any atom is 0.250 e. The van der Waals surface area contributed by atoms with Gasteiger partial charge in [-0.05, 0) is 44.0 Å².